The lowest BCUT2D eigenvalue weighted by Gasteiger charge is -2.39. The number of ether oxygens (including phenoxy) is 2. The minimum absolute atomic E-state index is 0.0276. The van der Waals surface area contributed by atoms with Crippen molar-refractivity contribution in [2.24, 2.45) is 5.10 Å². The first-order chi connectivity index (χ1) is 15.6. The third-order valence-corrected chi connectivity index (χ3v) is 6.37. The zero-order valence-electron chi connectivity index (χ0n) is 18.4. The average Bonchev–Trinajstić information content (AvgIpc) is 3.45. The molecule has 1 atom stereocenters. The number of benzene rings is 1. The molecule has 3 heterocycles. The van der Waals surface area contributed by atoms with Crippen LogP contribution in [-0.2, 0) is 4.79 Å². The van der Waals surface area contributed by atoms with E-state index in [-0.39, 0.29) is 24.5 Å². The Morgan fingerprint density at radius 2 is 2.06 bits per heavy atom. The maximum atomic E-state index is 12.9. The number of hydrogen-bond acceptors (Lipinski definition) is 8. The molecule has 9 nitrogen and oxygen atoms in total. The zero-order chi connectivity index (χ0) is 22.7. The Hall–Kier alpha value is -3.27. The Labute approximate surface area is 191 Å². The summed E-state index contributed by atoms with van der Waals surface area (Å²) in [5.41, 5.74) is 4.57. The average molecular weight is 458 g/mol. The summed E-state index contributed by atoms with van der Waals surface area (Å²) in [7, 11) is 3.12. The van der Waals surface area contributed by atoms with Crippen LogP contribution < -0.4 is 25.1 Å². The van der Waals surface area contributed by atoms with Crippen molar-refractivity contribution < 1.29 is 19.1 Å². The van der Waals surface area contributed by atoms with Crippen LogP contribution in [0.3, 0.4) is 0 Å². The van der Waals surface area contributed by atoms with E-state index in [4.69, 9.17) is 9.47 Å². The van der Waals surface area contributed by atoms with Crippen LogP contribution in [0, 0.1) is 0 Å². The quantitative estimate of drug-likeness (QED) is 0.599. The van der Waals surface area contributed by atoms with Gasteiger partial charge in [0.1, 0.15) is 10.7 Å². The van der Waals surface area contributed by atoms with E-state index in [0.717, 1.165) is 24.4 Å². The highest BCUT2D eigenvalue weighted by Crippen LogP contribution is 2.37. The fourth-order valence-corrected chi connectivity index (χ4v) is 4.69. The molecule has 0 bridgehead atoms. The topological polar surface area (TPSA) is 95.5 Å². The minimum Gasteiger partial charge on any atom is -0.493 e. The second-order valence-electron chi connectivity index (χ2n) is 7.51. The van der Waals surface area contributed by atoms with Gasteiger partial charge in [0, 0.05) is 31.1 Å². The summed E-state index contributed by atoms with van der Waals surface area (Å²) in [6.45, 7) is 2.76. The number of hydrogen-bond donors (Lipinski definition) is 2. The van der Waals surface area contributed by atoms with E-state index in [0.29, 0.717) is 35.0 Å². The fourth-order valence-electron chi connectivity index (χ4n) is 3.85. The van der Waals surface area contributed by atoms with Crippen molar-refractivity contribution in [3.05, 3.63) is 34.5 Å². The van der Waals surface area contributed by atoms with Gasteiger partial charge in [-0.05, 0) is 30.0 Å². The smallest absolute Gasteiger partial charge is 0.269 e. The zero-order valence-corrected chi connectivity index (χ0v) is 19.2. The Morgan fingerprint density at radius 1 is 1.25 bits per heavy atom. The van der Waals surface area contributed by atoms with E-state index in [1.165, 1.54) is 11.3 Å². The molecule has 1 aromatic heterocycles. The van der Waals surface area contributed by atoms with Crippen molar-refractivity contribution in [2.45, 2.75) is 38.9 Å². The largest absolute Gasteiger partial charge is 0.493 e. The van der Waals surface area contributed by atoms with Crippen LogP contribution in [0.1, 0.15) is 42.3 Å². The molecule has 2 aliphatic rings. The highest BCUT2D eigenvalue weighted by atomic mass is 32.1. The predicted octanol–water partition coefficient (Wildman–Crippen LogP) is 3.45. The molecule has 170 valence electrons. The summed E-state index contributed by atoms with van der Waals surface area (Å²) in [4.78, 5) is 30.1. The molecule has 32 heavy (non-hydrogen) atoms. The van der Waals surface area contributed by atoms with Crippen LogP contribution >= 0.6 is 11.3 Å². The molecule has 1 aromatic carbocycles. The number of anilines is 2. The number of nitrogens with one attached hydrogen (secondary N) is 2. The second-order valence-corrected chi connectivity index (χ2v) is 8.42. The summed E-state index contributed by atoms with van der Waals surface area (Å²) >= 11 is 1.44. The number of rotatable bonds is 9. The van der Waals surface area contributed by atoms with Crippen molar-refractivity contribution in [1.29, 1.82) is 0 Å². The van der Waals surface area contributed by atoms with Gasteiger partial charge in [0.25, 0.3) is 5.91 Å². The third-order valence-electron chi connectivity index (χ3n) is 5.48. The molecule has 0 radical (unpaired) electrons. The van der Waals surface area contributed by atoms with Crippen molar-refractivity contribution in [1.82, 2.24) is 10.3 Å². The van der Waals surface area contributed by atoms with Gasteiger partial charge in [0.15, 0.2) is 11.5 Å². The fraction of sp³-hybridized carbons (Fsp3) is 0.409. The number of carbonyl (C=O) groups excluding carboxylic acids is 2. The maximum absolute atomic E-state index is 12.9. The SMILES string of the molecule is CCCCN1C(=O)c2sccc2N2C(CCC(=O)Nc3ccc(OC)c(OC)c3)=NNC12. The van der Waals surface area contributed by atoms with Gasteiger partial charge in [0.05, 0.1) is 19.9 Å². The Bertz CT molecular complexity index is 1040. The Morgan fingerprint density at radius 3 is 2.81 bits per heavy atom. The predicted molar refractivity (Wildman–Crippen MR) is 125 cm³/mol. The monoisotopic (exact) mass is 457 g/mol. The van der Waals surface area contributed by atoms with Gasteiger partial charge in [-0.1, -0.05) is 13.3 Å². The molecular weight excluding hydrogens is 430 g/mol. The maximum Gasteiger partial charge on any atom is 0.269 e. The minimum atomic E-state index is -0.347. The number of fused-ring (bicyclic) bond motifs is 3. The first-order valence-corrected chi connectivity index (χ1v) is 11.5. The lowest BCUT2D eigenvalue weighted by atomic mass is 10.1. The molecule has 0 saturated carbocycles. The lowest BCUT2D eigenvalue weighted by molar-refractivity contribution is -0.116. The number of thiophene rings is 1. The third kappa shape index (κ3) is 4.10. The molecule has 2 N–H and O–H groups in total. The van der Waals surface area contributed by atoms with Gasteiger partial charge < -0.3 is 14.8 Å². The van der Waals surface area contributed by atoms with Gasteiger partial charge >= 0.3 is 0 Å². The van der Waals surface area contributed by atoms with Crippen LogP contribution in [0.5, 0.6) is 11.5 Å². The van der Waals surface area contributed by atoms with E-state index in [1.807, 2.05) is 21.2 Å². The van der Waals surface area contributed by atoms with Crippen molar-refractivity contribution in [2.75, 3.05) is 31.0 Å². The first kappa shape index (κ1) is 21.9. The number of hydrazone groups is 1. The molecule has 0 fully saturated rings. The van der Waals surface area contributed by atoms with Crippen LogP contribution in [0.25, 0.3) is 0 Å². The highest BCUT2D eigenvalue weighted by molar-refractivity contribution is 7.12. The van der Waals surface area contributed by atoms with E-state index >= 15 is 0 Å². The van der Waals surface area contributed by atoms with Crippen LogP contribution in [0.15, 0.2) is 34.7 Å². The van der Waals surface area contributed by atoms with Gasteiger partial charge in [-0.15, -0.1) is 11.3 Å². The molecule has 1 unspecified atom stereocenters. The van der Waals surface area contributed by atoms with Gasteiger partial charge in [-0.3, -0.25) is 24.8 Å². The summed E-state index contributed by atoms with van der Waals surface area (Å²) in [5, 5.41) is 9.28. The van der Waals surface area contributed by atoms with Gasteiger partial charge in [-0.2, -0.15) is 5.10 Å². The first-order valence-electron chi connectivity index (χ1n) is 10.6. The van der Waals surface area contributed by atoms with Crippen molar-refractivity contribution in [3.63, 3.8) is 0 Å². The highest BCUT2D eigenvalue weighted by Gasteiger charge is 2.43. The molecule has 2 amide bonds. The number of methoxy groups -OCH3 is 2. The number of nitrogens with zero attached hydrogens (tertiary/aromatic N) is 3. The summed E-state index contributed by atoms with van der Waals surface area (Å²) in [6.07, 6.45) is 2.26. The van der Waals surface area contributed by atoms with Crippen LogP contribution in [0.2, 0.25) is 0 Å². The lowest BCUT2D eigenvalue weighted by Crippen LogP contribution is -2.58. The van der Waals surface area contributed by atoms with E-state index in [2.05, 4.69) is 22.8 Å². The molecule has 0 saturated heterocycles. The van der Waals surface area contributed by atoms with E-state index < -0.39 is 0 Å². The molecule has 0 spiro atoms. The number of amides is 2. The molecular formula is C22H27N5O4S. The summed E-state index contributed by atoms with van der Waals surface area (Å²) in [6, 6.07) is 7.18. The number of amidine groups is 1. The van der Waals surface area contributed by atoms with E-state index in [1.54, 1.807) is 32.4 Å². The molecule has 2 aromatic rings. The standard InChI is InChI=1S/C22H27N5O4S/c1-4-5-11-26-21(29)20-15(10-12-32-20)27-18(24-25-22(26)27)8-9-19(28)23-14-6-7-16(30-2)17(13-14)31-3/h6-7,10,12-13,22,25H,4-5,8-9,11H2,1-3H3,(H,23,28). The van der Waals surface area contributed by atoms with Crippen LogP contribution in [-0.4, -0.2) is 49.6 Å². The van der Waals surface area contributed by atoms with Gasteiger partial charge in [-0.25, -0.2) is 0 Å². The number of unbranched alkanes of at least 4 members (excludes halogenated alkanes) is 1. The molecule has 0 aliphatic carbocycles. The van der Waals surface area contributed by atoms with Crippen molar-refractivity contribution in [3.8, 4) is 11.5 Å². The molecule has 2 aliphatic heterocycles. The molecule has 10 heteroatoms. The normalized spacial score (nSPS) is 16.8. The molecule has 4 rings (SSSR count). The second kappa shape index (κ2) is 9.47. The Balaban J connectivity index is 1.43. The van der Waals surface area contributed by atoms with Crippen LogP contribution in [0.4, 0.5) is 11.4 Å². The van der Waals surface area contributed by atoms with Crippen molar-refractivity contribution >= 4 is 40.4 Å². The Kier molecular flexibility index (Phi) is 6.50. The summed E-state index contributed by atoms with van der Waals surface area (Å²) < 4.78 is 10.5. The van der Waals surface area contributed by atoms with E-state index in [9.17, 15) is 9.59 Å². The van der Waals surface area contributed by atoms with Gasteiger partial charge in [0.2, 0.25) is 12.2 Å². The summed E-state index contributed by atoms with van der Waals surface area (Å²) in [5.74, 6) is 1.78. The number of carbonyl (C=O) groups is 2.